The molecule has 2 aromatic carbocycles. The summed E-state index contributed by atoms with van der Waals surface area (Å²) < 4.78 is 59.8. The number of nitrogens with one attached hydrogen (secondary N) is 1. The van der Waals surface area contributed by atoms with E-state index in [4.69, 9.17) is 58.5 Å². The first-order chi connectivity index (χ1) is 25.3. The van der Waals surface area contributed by atoms with E-state index in [1.54, 1.807) is 0 Å². The number of hydrogen-bond donors (Lipinski definition) is 1. The number of rotatable bonds is 33. The summed E-state index contributed by atoms with van der Waals surface area (Å²) >= 11 is 0. The molecule has 51 heavy (non-hydrogen) atoms. The van der Waals surface area contributed by atoms with Crippen LogP contribution in [0.1, 0.15) is 17.0 Å². The molecule has 0 atom stereocenters. The smallest absolute Gasteiger partial charge is 0.407 e. The van der Waals surface area contributed by atoms with Gasteiger partial charge in [0.1, 0.15) is 13.2 Å². The van der Waals surface area contributed by atoms with E-state index in [0.717, 1.165) is 0 Å². The lowest BCUT2D eigenvalue weighted by Gasteiger charge is -2.14. The van der Waals surface area contributed by atoms with E-state index in [9.17, 15) is 4.79 Å². The van der Waals surface area contributed by atoms with Crippen LogP contribution < -0.4 is 5.32 Å². The lowest BCUT2D eigenvalue weighted by molar-refractivity contribution is -0.0260. The number of alkyl carbamates (subject to hydrolysis) is 1. The molecule has 1 aliphatic rings. The second-order valence-corrected chi connectivity index (χ2v) is 11.0. The highest BCUT2D eigenvalue weighted by Gasteiger charge is 2.28. The molecule has 13 heteroatoms. The molecule has 0 spiro atoms. The van der Waals surface area contributed by atoms with Gasteiger partial charge in [-0.25, -0.2) is 4.79 Å². The molecular weight excluding hydrogens is 662 g/mol. The predicted molar refractivity (Wildman–Crippen MR) is 190 cm³/mol. The lowest BCUT2D eigenvalue weighted by atomic mass is 9.98. The Balaban J connectivity index is 0.966. The SMILES string of the molecule is C#CCOCCOCCOCCOCCOCCOCCOCCOCCOCCOCCNC(=O)OCC1c2ccccc2-c2ccccc21. The van der Waals surface area contributed by atoms with Crippen LogP contribution >= 0.6 is 0 Å². The van der Waals surface area contributed by atoms with Gasteiger partial charge in [0, 0.05) is 12.5 Å². The van der Waals surface area contributed by atoms with Gasteiger partial charge in [-0.3, -0.25) is 0 Å². The zero-order valence-corrected chi connectivity index (χ0v) is 29.7. The Hall–Kier alpha value is -3.13. The predicted octanol–water partition coefficient (Wildman–Crippen LogP) is 3.32. The quantitative estimate of drug-likeness (QED) is 0.0859. The summed E-state index contributed by atoms with van der Waals surface area (Å²) in [6.45, 7) is 10.0. The number of benzene rings is 2. The third-order valence-corrected chi connectivity index (χ3v) is 7.39. The molecule has 0 saturated heterocycles. The summed E-state index contributed by atoms with van der Waals surface area (Å²) in [7, 11) is 0. The number of carbonyl (C=O) groups is 1. The number of ether oxygens (including phenoxy) is 11. The van der Waals surface area contributed by atoms with Crippen molar-refractivity contribution in [3.63, 3.8) is 0 Å². The molecule has 284 valence electrons. The molecular formula is C38H55NO12. The van der Waals surface area contributed by atoms with E-state index in [-0.39, 0.29) is 12.5 Å². The first-order valence-electron chi connectivity index (χ1n) is 17.6. The van der Waals surface area contributed by atoms with Crippen molar-refractivity contribution in [3.8, 4) is 23.5 Å². The molecule has 0 bridgehead atoms. The summed E-state index contributed by atoms with van der Waals surface area (Å²) in [6.07, 6.45) is 4.63. The van der Waals surface area contributed by atoms with Crippen LogP contribution in [-0.2, 0) is 52.1 Å². The van der Waals surface area contributed by atoms with E-state index >= 15 is 0 Å². The van der Waals surface area contributed by atoms with Crippen LogP contribution in [0.5, 0.6) is 0 Å². The third-order valence-electron chi connectivity index (χ3n) is 7.39. The summed E-state index contributed by atoms with van der Waals surface area (Å²) in [6, 6.07) is 16.5. The highest BCUT2D eigenvalue weighted by atomic mass is 16.6. The van der Waals surface area contributed by atoms with E-state index in [1.807, 2.05) is 24.3 Å². The standard InChI is InChI=1S/C38H55NO12/c1-2-12-41-14-16-43-18-20-45-22-24-47-26-28-49-30-31-50-29-27-48-25-23-46-21-19-44-17-15-42-13-11-39-38(40)51-32-37-35-9-5-3-7-33(35)34-8-4-6-10-36(34)37/h1,3-10,37H,11-32H2,(H,39,40). The van der Waals surface area contributed by atoms with Crippen LogP contribution in [0.4, 0.5) is 4.79 Å². The number of amides is 1. The molecule has 0 unspecified atom stereocenters. The van der Waals surface area contributed by atoms with E-state index < -0.39 is 6.09 Å². The number of fused-ring (bicyclic) bond motifs is 3. The maximum atomic E-state index is 12.2. The second kappa shape index (κ2) is 29.4. The van der Waals surface area contributed by atoms with Crippen molar-refractivity contribution in [1.82, 2.24) is 5.32 Å². The molecule has 0 saturated carbocycles. The average Bonchev–Trinajstić information content (AvgIpc) is 3.48. The topological polar surface area (TPSA) is 131 Å². The molecule has 0 heterocycles. The first-order valence-corrected chi connectivity index (χ1v) is 17.6. The van der Waals surface area contributed by atoms with Crippen LogP contribution in [0.25, 0.3) is 11.1 Å². The van der Waals surface area contributed by atoms with Gasteiger partial charge in [-0.2, -0.15) is 0 Å². The molecule has 0 aromatic heterocycles. The van der Waals surface area contributed by atoms with Crippen LogP contribution in [0.15, 0.2) is 48.5 Å². The van der Waals surface area contributed by atoms with Gasteiger partial charge in [-0.1, -0.05) is 54.5 Å². The summed E-state index contributed by atoms with van der Waals surface area (Å²) in [5, 5.41) is 2.74. The van der Waals surface area contributed by atoms with Gasteiger partial charge in [0.25, 0.3) is 0 Å². The Bertz CT molecular complexity index is 1160. The highest BCUT2D eigenvalue weighted by molar-refractivity contribution is 5.79. The van der Waals surface area contributed by atoms with Crippen LogP contribution in [0.2, 0.25) is 0 Å². The fourth-order valence-electron chi connectivity index (χ4n) is 4.99. The van der Waals surface area contributed by atoms with Gasteiger partial charge in [0.2, 0.25) is 0 Å². The number of carbonyl (C=O) groups excluding carboxylic acids is 1. The Morgan fingerprint density at radius 3 is 1.22 bits per heavy atom. The van der Waals surface area contributed by atoms with Gasteiger partial charge in [0.15, 0.2) is 0 Å². The summed E-state index contributed by atoms with van der Waals surface area (Å²) in [5.41, 5.74) is 4.77. The Kier molecular flexibility index (Phi) is 24.4. The van der Waals surface area contributed by atoms with Crippen molar-refractivity contribution in [1.29, 1.82) is 0 Å². The Morgan fingerprint density at radius 2 is 0.843 bits per heavy atom. The lowest BCUT2D eigenvalue weighted by Crippen LogP contribution is -2.29. The molecule has 1 N–H and O–H groups in total. The molecule has 0 fully saturated rings. The summed E-state index contributed by atoms with van der Waals surface area (Å²) in [5.74, 6) is 2.43. The number of hydrogen-bond acceptors (Lipinski definition) is 12. The number of terminal acetylenes is 1. The van der Waals surface area contributed by atoms with Gasteiger partial charge in [-0.05, 0) is 22.3 Å². The van der Waals surface area contributed by atoms with E-state index in [1.165, 1.54) is 22.3 Å². The normalized spacial score (nSPS) is 12.1. The zero-order valence-electron chi connectivity index (χ0n) is 29.7. The maximum absolute atomic E-state index is 12.2. The van der Waals surface area contributed by atoms with Crippen molar-refractivity contribution in [2.75, 3.05) is 145 Å². The van der Waals surface area contributed by atoms with E-state index in [0.29, 0.717) is 139 Å². The second-order valence-electron chi connectivity index (χ2n) is 11.0. The zero-order chi connectivity index (χ0) is 35.9. The van der Waals surface area contributed by atoms with E-state index in [2.05, 4.69) is 35.5 Å². The van der Waals surface area contributed by atoms with Crippen molar-refractivity contribution in [3.05, 3.63) is 59.7 Å². The van der Waals surface area contributed by atoms with Crippen molar-refractivity contribution in [2.45, 2.75) is 5.92 Å². The monoisotopic (exact) mass is 717 g/mol. The molecule has 0 radical (unpaired) electrons. The van der Waals surface area contributed by atoms with Gasteiger partial charge in [-0.15, -0.1) is 6.42 Å². The van der Waals surface area contributed by atoms with Crippen LogP contribution in [-0.4, -0.2) is 151 Å². The fourth-order valence-corrected chi connectivity index (χ4v) is 4.99. The average molecular weight is 718 g/mol. The van der Waals surface area contributed by atoms with Crippen molar-refractivity contribution >= 4 is 6.09 Å². The molecule has 3 rings (SSSR count). The molecule has 1 amide bonds. The minimum absolute atomic E-state index is 0.0369. The minimum atomic E-state index is -0.453. The van der Waals surface area contributed by atoms with Crippen molar-refractivity contribution < 1.29 is 56.9 Å². The molecule has 2 aromatic rings. The molecule has 13 nitrogen and oxygen atoms in total. The molecule has 1 aliphatic carbocycles. The first kappa shape index (κ1) is 42.3. The van der Waals surface area contributed by atoms with Crippen LogP contribution in [0, 0.1) is 12.3 Å². The van der Waals surface area contributed by atoms with Crippen molar-refractivity contribution in [2.24, 2.45) is 0 Å². The fraction of sp³-hybridized carbons (Fsp3) is 0.605. The minimum Gasteiger partial charge on any atom is -0.449 e. The van der Waals surface area contributed by atoms with Gasteiger partial charge in [0.05, 0.1) is 126 Å². The third kappa shape index (κ3) is 19.3. The largest absolute Gasteiger partial charge is 0.449 e. The summed E-state index contributed by atoms with van der Waals surface area (Å²) in [4.78, 5) is 12.2. The Morgan fingerprint density at radius 1 is 0.510 bits per heavy atom. The van der Waals surface area contributed by atoms with Gasteiger partial charge < -0.3 is 57.4 Å². The maximum Gasteiger partial charge on any atom is 0.407 e. The highest BCUT2D eigenvalue weighted by Crippen LogP contribution is 2.44. The molecule has 0 aliphatic heterocycles. The Labute approximate surface area is 302 Å². The van der Waals surface area contributed by atoms with Crippen LogP contribution in [0.3, 0.4) is 0 Å². The van der Waals surface area contributed by atoms with Gasteiger partial charge >= 0.3 is 6.09 Å².